The molecule has 75 heavy (non-hydrogen) atoms. The van der Waals surface area contributed by atoms with Crippen molar-refractivity contribution in [1.82, 2.24) is 15.5 Å². The molecule has 390 valence electrons. The Kier molecular flexibility index (Phi) is 14.2. The first-order chi connectivity index (χ1) is 35.6. The first kappa shape index (κ1) is 51.7. The van der Waals surface area contributed by atoms with Crippen LogP contribution in [-0.4, -0.2) is 78.2 Å². The summed E-state index contributed by atoms with van der Waals surface area (Å²) in [6.45, 7) is 12.9. The number of hydrogen-bond donors (Lipinski definition) is 2. The van der Waals surface area contributed by atoms with Crippen molar-refractivity contribution in [2.24, 2.45) is 0 Å². The van der Waals surface area contributed by atoms with Crippen LogP contribution >= 0.6 is 0 Å². The van der Waals surface area contributed by atoms with E-state index in [2.05, 4.69) is 34.9 Å². The molecule has 6 aromatic carbocycles. The minimum Gasteiger partial charge on any atom is -0.449 e. The lowest BCUT2D eigenvalue weighted by atomic mass is 9.98. The fourth-order valence-electron chi connectivity index (χ4n) is 9.38. The number of imide groups is 1. The summed E-state index contributed by atoms with van der Waals surface area (Å²) in [6, 6.07) is 40.5. The van der Waals surface area contributed by atoms with Crippen LogP contribution in [0.2, 0.25) is 0 Å². The molecule has 0 radical (unpaired) electrons. The molecule has 2 N–H and O–H groups in total. The molecule has 4 heterocycles. The molecule has 0 fully saturated rings. The lowest BCUT2D eigenvalue weighted by Gasteiger charge is -2.16. The Hall–Kier alpha value is -8.14. The van der Waals surface area contributed by atoms with Gasteiger partial charge in [-0.3, -0.25) is 19.3 Å². The van der Waals surface area contributed by atoms with Crippen LogP contribution in [0.25, 0.3) is 11.1 Å². The van der Waals surface area contributed by atoms with E-state index in [4.69, 9.17) is 33.2 Å². The van der Waals surface area contributed by atoms with E-state index in [1.807, 2.05) is 94.4 Å². The van der Waals surface area contributed by atoms with Crippen molar-refractivity contribution in [3.05, 3.63) is 166 Å². The molecule has 0 aromatic heterocycles. The van der Waals surface area contributed by atoms with Crippen molar-refractivity contribution in [1.29, 1.82) is 0 Å². The largest absolute Gasteiger partial charge is 0.449 e. The molecule has 14 nitrogen and oxygen atoms in total. The molecule has 11 rings (SSSR count). The number of nitrogens with one attached hydrogen (secondary N) is 2. The Labute approximate surface area is 434 Å². The molecule has 0 saturated heterocycles. The maximum Gasteiger partial charge on any atom is 0.407 e. The number of benzene rings is 6. The van der Waals surface area contributed by atoms with Crippen LogP contribution < -0.4 is 39.1 Å². The normalized spacial score (nSPS) is 16.1. The highest BCUT2D eigenvalue weighted by atomic mass is 19.3. The highest BCUT2D eigenvalue weighted by molar-refractivity contribution is 6.21. The number of carbonyl (C=O) groups excluding carboxylic acids is 4. The van der Waals surface area contributed by atoms with Crippen molar-refractivity contribution >= 4 is 23.8 Å². The van der Waals surface area contributed by atoms with Crippen molar-refractivity contribution in [2.75, 3.05) is 26.2 Å². The zero-order valence-corrected chi connectivity index (χ0v) is 42.8. The Morgan fingerprint density at radius 2 is 0.907 bits per heavy atom. The van der Waals surface area contributed by atoms with E-state index < -0.39 is 35.3 Å². The summed E-state index contributed by atoms with van der Waals surface area (Å²) in [5, 5.41) is 5.05. The van der Waals surface area contributed by atoms with Crippen LogP contribution in [0.1, 0.15) is 103 Å². The van der Waals surface area contributed by atoms with E-state index in [1.54, 1.807) is 50.2 Å². The Balaban J connectivity index is 0.000000142. The maximum atomic E-state index is 12.7. The third kappa shape index (κ3) is 12.0. The average Bonchev–Trinajstić information content (AvgIpc) is 4.12. The number of alkyl halides is 2. The molecule has 0 unspecified atom stereocenters. The minimum atomic E-state index is -3.35. The summed E-state index contributed by atoms with van der Waals surface area (Å²) in [4.78, 5) is 49.4. The van der Waals surface area contributed by atoms with Gasteiger partial charge < -0.3 is 43.8 Å². The molecule has 0 spiro atoms. The van der Waals surface area contributed by atoms with Gasteiger partial charge in [-0.25, -0.2) is 4.79 Å². The fourth-order valence-corrected chi connectivity index (χ4v) is 9.38. The van der Waals surface area contributed by atoms with E-state index in [1.165, 1.54) is 27.2 Å². The Morgan fingerprint density at radius 1 is 0.533 bits per heavy atom. The molecule has 0 atom stereocenters. The molecule has 0 saturated carbocycles. The van der Waals surface area contributed by atoms with Gasteiger partial charge in [0.1, 0.15) is 6.61 Å². The number of amides is 4. The third-order valence-corrected chi connectivity index (χ3v) is 12.8. The van der Waals surface area contributed by atoms with Gasteiger partial charge in [-0.1, -0.05) is 78.9 Å². The van der Waals surface area contributed by atoms with Gasteiger partial charge in [0.15, 0.2) is 34.5 Å². The van der Waals surface area contributed by atoms with E-state index in [0.717, 1.165) is 28.2 Å². The number of rotatable bonds is 12. The molecule has 4 amide bonds. The van der Waals surface area contributed by atoms with Crippen molar-refractivity contribution in [3.63, 3.8) is 0 Å². The van der Waals surface area contributed by atoms with Crippen LogP contribution in [0.15, 0.2) is 127 Å². The third-order valence-electron chi connectivity index (χ3n) is 12.8. The summed E-state index contributed by atoms with van der Waals surface area (Å²) < 4.78 is 64.9. The number of halogens is 2. The molecule has 5 aliphatic rings. The van der Waals surface area contributed by atoms with E-state index in [0.29, 0.717) is 80.0 Å². The van der Waals surface area contributed by atoms with Crippen molar-refractivity contribution in [2.45, 2.75) is 96.9 Å². The van der Waals surface area contributed by atoms with E-state index in [-0.39, 0.29) is 24.3 Å². The number of nitrogens with zero attached hydrogens (tertiary/aromatic N) is 1. The van der Waals surface area contributed by atoms with E-state index in [9.17, 15) is 28.0 Å². The second-order valence-corrected chi connectivity index (χ2v) is 20.1. The Bertz CT molecular complexity index is 3090. The van der Waals surface area contributed by atoms with Gasteiger partial charge in [-0.15, -0.1) is 0 Å². The second kappa shape index (κ2) is 20.6. The molecular formula is C59H59F2N3O11. The van der Waals surface area contributed by atoms with Gasteiger partial charge in [0.2, 0.25) is 17.4 Å². The van der Waals surface area contributed by atoms with Gasteiger partial charge >= 0.3 is 12.0 Å². The standard InChI is InChI=1S/C26H25NO4.C19H17NO4.C14H17F2NO3/c1-26(2)30-23-12-11-17(15-24(23)31-26)13-14-27-25(28)29-16-22-20-9-5-3-7-18(20)19-8-4-6-10-21(19)22;1-19(2)23-15-8-7-12(11-16(15)24-19)9-10-20-17(21)13-5-3-4-6-14(13)18(20)22;1-13(2)19-10-5-4-9(8-11(10)20-13)6-7-17-12(18)14(3,15)16/h3-12,15,22H,13-14,16H2,1-2H3,(H,27,28);3-8,11H,9-10H2,1-2H3;4-5,8H,6-7H2,1-3H3,(H,17,18). The van der Waals surface area contributed by atoms with Crippen molar-refractivity contribution in [3.8, 4) is 45.6 Å². The quantitative estimate of drug-likeness (QED) is 0.112. The van der Waals surface area contributed by atoms with Crippen LogP contribution in [0.3, 0.4) is 0 Å². The molecule has 4 aliphatic heterocycles. The molecule has 0 bridgehead atoms. The number of ether oxygens (including phenoxy) is 7. The monoisotopic (exact) mass is 1020 g/mol. The molecule has 1 aliphatic carbocycles. The molecular weight excluding hydrogens is 965 g/mol. The van der Waals surface area contributed by atoms with Gasteiger partial charge in [-0.05, 0) is 107 Å². The topological polar surface area (TPSA) is 160 Å². The first-order valence-corrected chi connectivity index (χ1v) is 24.8. The SMILES string of the molecule is CC1(C)Oc2ccc(CCN3C(=O)c4ccccc4C3=O)cc2O1.CC1(C)Oc2ccc(CCNC(=O)C(C)(F)F)cc2O1.CC1(C)Oc2ccc(CCNC(=O)OCC3c4ccccc4-c4ccccc43)cc2O1. The summed E-state index contributed by atoms with van der Waals surface area (Å²) in [5.74, 6) is -2.82. The average molecular weight is 1020 g/mol. The lowest BCUT2D eigenvalue weighted by molar-refractivity contribution is -0.142. The second-order valence-electron chi connectivity index (χ2n) is 20.1. The summed E-state index contributed by atoms with van der Waals surface area (Å²) >= 11 is 0. The van der Waals surface area contributed by atoms with Gasteiger partial charge in [0.05, 0.1) is 11.1 Å². The highest BCUT2D eigenvalue weighted by Gasteiger charge is 2.37. The van der Waals surface area contributed by atoms with Gasteiger partial charge in [0, 0.05) is 74.0 Å². The fraction of sp³-hybridized carbons (Fsp3) is 0.322. The smallest absolute Gasteiger partial charge is 0.407 e. The molecule has 16 heteroatoms. The van der Waals surface area contributed by atoms with Crippen LogP contribution in [0.4, 0.5) is 13.6 Å². The highest BCUT2D eigenvalue weighted by Crippen LogP contribution is 2.45. The predicted molar refractivity (Wildman–Crippen MR) is 275 cm³/mol. The van der Waals surface area contributed by atoms with Gasteiger partial charge in [0.25, 0.3) is 17.7 Å². The zero-order chi connectivity index (χ0) is 53.3. The minimum absolute atomic E-state index is 0.0652. The lowest BCUT2D eigenvalue weighted by Crippen LogP contribution is -2.38. The first-order valence-electron chi connectivity index (χ1n) is 24.8. The summed E-state index contributed by atoms with van der Waals surface area (Å²) in [6.07, 6.45) is 1.30. The maximum absolute atomic E-state index is 12.7. The number of carbonyl (C=O) groups is 4. The van der Waals surface area contributed by atoms with Crippen LogP contribution in [0.5, 0.6) is 34.5 Å². The number of hydrogen-bond acceptors (Lipinski definition) is 11. The number of fused-ring (bicyclic) bond motifs is 7. The summed E-state index contributed by atoms with van der Waals surface area (Å²) in [7, 11) is 0. The Morgan fingerprint density at radius 3 is 1.33 bits per heavy atom. The van der Waals surface area contributed by atoms with Gasteiger partial charge in [-0.2, -0.15) is 8.78 Å². The van der Waals surface area contributed by atoms with Crippen molar-refractivity contribution < 1.29 is 61.1 Å². The van der Waals surface area contributed by atoms with E-state index >= 15 is 0 Å². The zero-order valence-electron chi connectivity index (χ0n) is 42.8. The molecule has 6 aromatic rings. The van der Waals surface area contributed by atoms with Crippen LogP contribution in [0, 0.1) is 0 Å². The summed E-state index contributed by atoms with van der Waals surface area (Å²) in [5.41, 5.74) is 8.76. The van der Waals surface area contributed by atoms with Crippen LogP contribution in [-0.2, 0) is 28.8 Å². The number of alkyl carbamates (subject to hydrolysis) is 1. The predicted octanol–water partition coefficient (Wildman–Crippen LogP) is 10.8.